The molecular formula is C11H15N2O2. The van der Waals surface area contributed by atoms with Crippen LogP contribution in [0, 0.1) is 0 Å². The van der Waals surface area contributed by atoms with Gasteiger partial charge in [-0.1, -0.05) is 6.08 Å². The molecule has 2 heterocycles. The molecule has 0 atom stereocenters. The van der Waals surface area contributed by atoms with E-state index >= 15 is 0 Å². The van der Waals surface area contributed by atoms with Crippen LogP contribution in [-0.2, 0) is 5.21 Å². The third-order valence-corrected chi connectivity index (χ3v) is 2.89. The lowest BCUT2D eigenvalue weighted by Crippen LogP contribution is -2.46. The molecule has 0 saturated carbocycles. The van der Waals surface area contributed by atoms with Crippen LogP contribution in [0.2, 0.25) is 0 Å². The van der Waals surface area contributed by atoms with Gasteiger partial charge in [0.05, 0.1) is 17.3 Å². The maximum atomic E-state index is 12.1. The van der Waals surface area contributed by atoms with Crippen molar-refractivity contribution in [2.24, 2.45) is 0 Å². The Hall–Kier alpha value is -1.13. The minimum atomic E-state index is -0.566. The van der Waals surface area contributed by atoms with Crippen molar-refractivity contribution in [2.45, 2.75) is 38.8 Å². The highest BCUT2D eigenvalue weighted by Crippen LogP contribution is 2.43. The summed E-state index contributed by atoms with van der Waals surface area (Å²) >= 11 is 0. The molecular weight excluding hydrogens is 192 g/mol. The van der Waals surface area contributed by atoms with Gasteiger partial charge in [0.2, 0.25) is 0 Å². The molecule has 0 saturated heterocycles. The number of hydroxylamine groups is 2. The summed E-state index contributed by atoms with van der Waals surface area (Å²) in [5.74, 6) is 0.673. The Balaban J connectivity index is 2.49. The predicted octanol–water partition coefficient (Wildman–Crippen LogP) is 2.28. The summed E-state index contributed by atoms with van der Waals surface area (Å²) in [7, 11) is 0. The molecule has 0 aliphatic carbocycles. The molecule has 1 aliphatic heterocycles. The summed E-state index contributed by atoms with van der Waals surface area (Å²) in [5.41, 5.74) is -0.158. The van der Waals surface area contributed by atoms with Gasteiger partial charge in [0.25, 0.3) is 0 Å². The first-order valence-corrected chi connectivity index (χ1v) is 4.95. The quantitative estimate of drug-likeness (QED) is 0.709. The fraction of sp³-hybridized carbons (Fsp3) is 0.545. The van der Waals surface area contributed by atoms with Gasteiger partial charge >= 0.3 is 0 Å². The molecule has 2 rings (SSSR count). The second kappa shape index (κ2) is 2.93. The summed E-state index contributed by atoms with van der Waals surface area (Å²) < 4.78 is 5.25. The molecule has 4 heteroatoms. The fourth-order valence-electron chi connectivity index (χ4n) is 2.14. The Morgan fingerprint density at radius 1 is 1.33 bits per heavy atom. The number of oxazole rings is 1. The van der Waals surface area contributed by atoms with Crippen molar-refractivity contribution in [3.05, 3.63) is 24.4 Å². The van der Waals surface area contributed by atoms with Crippen LogP contribution in [0.1, 0.15) is 33.5 Å². The average Bonchev–Trinajstić information content (AvgIpc) is 2.69. The average molecular weight is 207 g/mol. The Kier molecular flexibility index (Phi) is 2.03. The molecule has 1 aliphatic rings. The third kappa shape index (κ3) is 1.41. The van der Waals surface area contributed by atoms with Gasteiger partial charge in [-0.15, -0.1) is 10.3 Å². The zero-order chi connectivity index (χ0) is 11.3. The van der Waals surface area contributed by atoms with Crippen molar-refractivity contribution in [1.29, 1.82) is 0 Å². The van der Waals surface area contributed by atoms with E-state index in [1.54, 1.807) is 6.20 Å². The van der Waals surface area contributed by atoms with Crippen LogP contribution >= 0.6 is 0 Å². The van der Waals surface area contributed by atoms with Crippen molar-refractivity contribution in [2.75, 3.05) is 0 Å². The van der Waals surface area contributed by atoms with Crippen LogP contribution in [0.4, 0.5) is 0 Å². The standard InChI is InChI=1S/C11H15N2O2/c1-10(2)5-8(9-6-12-7-15-9)11(3,4)13(10)14/h5-7H,1-4H3. The Morgan fingerprint density at radius 2 is 2.00 bits per heavy atom. The maximum absolute atomic E-state index is 12.1. The first-order valence-electron chi connectivity index (χ1n) is 4.95. The van der Waals surface area contributed by atoms with Crippen molar-refractivity contribution in [3.8, 4) is 0 Å². The van der Waals surface area contributed by atoms with Gasteiger partial charge in [-0.25, -0.2) is 4.98 Å². The summed E-state index contributed by atoms with van der Waals surface area (Å²) in [6.07, 6.45) is 4.97. The highest BCUT2D eigenvalue weighted by atomic mass is 16.5. The highest BCUT2D eigenvalue weighted by molar-refractivity contribution is 5.72. The molecule has 1 radical (unpaired) electrons. The van der Waals surface area contributed by atoms with Crippen molar-refractivity contribution >= 4 is 5.57 Å². The zero-order valence-electron chi connectivity index (χ0n) is 9.44. The molecule has 0 aromatic carbocycles. The molecule has 4 nitrogen and oxygen atoms in total. The first kappa shape index (κ1) is 10.4. The second-order valence-corrected chi connectivity index (χ2v) is 4.93. The lowest BCUT2D eigenvalue weighted by atomic mass is 9.95. The summed E-state index contributed by atoms with van der Waals surface area (Å²) in [5, 5.41) is 13.2. The first-order chi connectivity index (χ1) is 6.86. The van der Waals surface area contributed by atoms with E-state index in [0.29, 0.717) is 5.76 Å². The SMILES string of the molecule is CC1(C)C=C(c2cnco2)C(C)(C)N1[O]. The van der Waals surface area contributed by atoms with Gasteiger partial charge in [0, 0.05) is 5.57 Å². The Labute approximate surface area is 89.2 Å². The van der Waals surface area contributed by atoms with E-state index in [9.17, 15) is 5.21 Å². The van der Waals surface area contributed by atoms with Crippen LogP contribution in [0.5, 0.6) is 0 Å². The van der Waals surface area contributed by atoms with Gasteiger partial charge < -0.3 is 4.42 Å². The lowest BCUT2D eigenvalue weighted by Gasteiger charge is -2.33. The molecule has 0 spiro atoms. The number of hydrogen-bond acceptors (Lipinski definition) is 3. The Morgan fingerprint density at radius 3 is 2.40 bits per heavy atom. The number of nitrogens with zero attached hydrogens (tertiary/aromatic N) is 2. The van der Waals surface area contributed by atoms with E-state index in [2.05, 4.69) is 4.98 Å². The minimum Gasteiger partial charge on any atom is -0.444 e. The van der Waals surface area contributed by atoms with Crippen LogP contribution in [0.3, 0.4) is 0 Å². The van der Waals surface area contributed by atoms with Gasteiger partial charge in [0.15, 0.2) is 12.2 Å². The molecule has 0 bridgehead atoms. The van der Waals surface area contributed by atoms with Gasteiger partial charge in [0.1, 0.15) is 0 Å². The number of hydrogen-bond donors (Lipinski definition) is 0. The second-order valence-electron chi connectivity index (χ2n) is 4.93. The number of rotatable bonds is 1. The third-order valence-electron chi connectivity index (χ3n) is 2.89. The van der Waals surface area contributed by atoms with Crippen LogP contribution < -0.4 is 0 Å². The molecule has 1 aromatic heterocycles. The molecule has 0 unspecified atom stereocenters. The molecule has 0 amide bonds. The fourth-order valence-corrected chi connectivity index (χ4v) is 2.14. The lowest BCUT2D eigenvalue weighted by molar-refractivity contribution is -0.234. The predicted molar refractivity (Wildman–Crippen MR) is 55.2 cm³/mol. The molecule has 0 N–H and O–H groups in total. The van der Waals surface area contributed by atoms with Crippen molar-refractivity contribution in [3.63, 3.8) is 0 Å². The normalized spacial score (nSPS) is 24.2. The Bertz CT molecular complexity index is 391. The van der Waals surface area contributed by atoms with Crippen molar-refractivity contribution < 1.29 is 9.62 Å². The van der Waals surface area contributed by atoms with E-state index in [1.807, 2.05) is 33.8 Å². The van der Waals surface area contributed by atoms with Gasteiger partial charge in [-0.2, -0.15) is 0 Å². The molecule has 15 heavy (non-hydrogen) atoms. The van der Waals surface area contributed by atoms with Crippen LogP contribution in [0.15, 0.2) is 23.1 Å². The van der Waals surface area contributed by atoms with E-state index in [0.717, 1.165) is 10.6 Å². The summed E-state index contributed by atoms with van der Waals surface area (Å²) in [6, 6.07) is 0. The van der Waals surface area contributed by atoms with E-state index in [4.69, 9.17) is 4.42 Å². The van der Waals surface area contributed by atoms with E-state index in [1.165, 1.54) is 6.39 Å². The summed E-state index contributed by atoms with van der Waals surface area (Å²) in [4.78, 5) is 3.88. The van der Waals surface area contributed by atoms with Crippen LogP contribution in [0.25, 0.3) is 5.57 Å². The van der Waals surface area contributed by atoms with Gasteiger partial charge in [-0.3, -0.25) is 0 Å². The topological polar surface area (TPSA) is 49.2 Å². The van der Waals surface area contributed by atoms with Crippen molar-refractivity contribution in [1.82, 2.24) is 10.0 Å². The minimum absolute atomic E-state index is 0.494. The summed E-state index contributed by atoms with van der Waals surface area (Å²) in [6.45, 7) is 7.57. The zero-order valence-corrected chi connectivity index (χ0v) is 9.44. The van der Waals surface area contributed by atoms with E-state index in [-0.39, 0.29) is 0 Å². The smallest absolute Gasteiger partial charge is 0.181 e. The molecule has 0 fully saturated rings. The maximum Gasteiger partial charge on any atom is 0.181 e. The number of aromatic nitrogens is 1. The monoisotopic (exact) mass is 207 g/mol. The van der Waals surface area contributed by atoms with Gasteiger partial charge in [-0.05, 0) is 27.7 Å². The molecule has 81 valence electrons. The molecule has 1 aromatic rings. The highest BCUT2D eigenvalue weighted by Gasteiger charge is 2.47. The van der Waals surface area contributed by atoms with Crippen LogP contribution in [-0.4, -0.2) is 21.1 Å². The van der Waals surface area contributed by atoms with E-state index < -0.39 is 11.1 Å². The largest absolute Gasteiger partial charge is 0.444 e.